The van der Waals surface area contributed by atoms with Gasteiger partial charge in [0.15, 0.2) is 0 Å². The molecule has 0 saturated carbocycles. The number of amides is 1. The number of nitrogens with zero attached hydrogens (tertiary/aromatic N) is 1. The van der Waals surface area contributed by atoms with Gasteiger partial charge in [-0.3, -0.25) is 4.79 Å². The van der Waals surface area contributed by atoms with E-state index in [1.807, 2.05) is 31.2 Å². The minimum Gasteiger partial charge on any atom is -0.507 e. The number of anilines is 1. The number of nitrogens with one attached hydrogen (secondary N) is 1. The first kappa shape index (κ1) is 18.0. The second kappa shape index (κ2) is 7.70. The van der Waals surface area contributed by atoms with Crippen molar-refractivity contribution in [3.8, 4) is 22.1 Å². The molecule has 0 spiro atoms. The molecule has 1 heterocycles. The summed E-state index contributed by atoms with van der Waals surface area (Å²) in [6, 6.07) is 19.8. The number of rotatable bonds is 5. The monoisotopic (exact) mass is 390 g/mol. The molecule has 4 rings (SSSR count). The van der Waals surface area contributed by atoms with E-state index in [1.54, 1.807) is 36.4 Å². The number of carbonyl (C=O) groups is 1. The average molecular weight is 390 g/mol. The first-order valence-electron chi connectivity index (χ1n) is 8.87. The predicted molar refractivity (Wildman–Crippen MR) is 112 cm³/mol. The molecule has 0 radical (unpaired) electrons. The Balaban J connectivity index is 1.53. The summed E-state index contributed by atoms with van der Waals surface area (Å²) in [4.78, 5) is 17.0. The van der Waals surface area contributed by atoms with Gasteiger partial charge in [-0.2, -0.15) is 0 Å². The van der Waals surface area contributed by atoms with Crippen molar-refractivity contribution in [1.82, 2.24) is 4.98 Å². The van der Waals surface area contributed by atoms with Gasteiger partial charge in [0.1, 0.15) is 16.5 Å². The van der Waals surface area contributed by atoms with E-state index in [4.69, 9.17) is 4.74 Å². The minimum atomic E-state index is -0.254. The molecule has 2 N–H and O–H groups in total. The van der Waals surface area contributed by atoms with E-state index in [-0.39, 0.29) is 11.7 Å². The molecule has 1 aromatic heterocycles. The van der Waals surface area contributed by atoms with Crippen LogP contribution in [0.15, 0.2) is 66.7 Å². The smallest absolute Gasteiger partial charge is 0.255 e. The van der Waals surface area contributed by atoms with Gasteiger partial charge in [0, 0.05) is 17.3 Å². The van der Waals surface area contributed by atoms with Crippen LogP contribution < -0.4 is 10.1 Å². The maximum Gasteiger partial charge on any atom is 0.255 e. The molecule has 0 unspecified atom stereocenters. The molecule has 6 heteroatoms. The summed E-state index contributed by atoms with van der Waals surface area (Å²) >= 11 is 1.52. The van der Waals surface area contributed by atoms with Crippen molar-refractivity contribution in [3.05, 3.63) is 72.3 Å². The predicted octanol–water partition coefficient (Wildman–Crippen LogP) is 5.32. The number of phenolic OH excluding ortho intramolecular Hbond substituents is 1. The molecule has 28 heavy (non-hydrogen) atoms. The largest absolute Gasteiger partial charge is 0.507 e. The summed E-state index contributed by atoms with van der Waals surface area (Å²) in [5, 5.41) is 14.0. The summed E-state index contributed by atoms with van der Waals surface area (Å²) in [5.74, 6) is 0.538. The number of benzene rings is 3. The Bertz CT molecular complexity index is 1100. The number of carbonyl (C=O) groups excluding carboxylic acids is 1. The molecule has 0 bridgehead atoms. The highest BCUT2D eigenvalue weighted by Crippen LogP contribution is 2.36. The highest BCUT2D eigenvalue weighted by Gasteiger charge is 2.12. The lowest BCUT2D eigenvalue weighted by molar-refractivity contribution is 0.102. The molecule has 3 aromatic carbocycles. The van der Waals surface area contributed by atoms with E-state index in [0.717, 1.165) is 21.0 Å². The first-order chi connectivity index (χ1) is 13.6. The third kappa shape index (κ3) is 3.68. The van der Waals surface area contributed by atoms with Gasteiger partial charge in [0.05, 0.1) is 22.4 Å². The fourth-order valence-corrected chi connectivity index (χ4v) is 3.85. The highest BCUT2D eigenvalue weighted by molar-refractivity contribution is 7.21. The van der Waals surface area contributed by atoms with Crippen molar-refractivity contribution >= 4 is 33.1 Å². The number of ether oxygens (including phenoxy) is 1. The molecular weight excluding hydrogens is 372 g/mol. The molecule has 0 saturated heterocycles. The van der Waals surface area contributed by atoms with Crippen molar-refractivity contribution in [2.45, 2.75) is 6.92 Å². The second-order valence-corrected chi connectivity index (χ2v) is 7.16. The van der Waals surface area contributed by atoms with Crippen molar-refractivity contribution in [1.29, 1.82) is 0 Å². The van der Waals surface area contributed by atoms with Gasteiger partial charge in [-0.15, -0.1) is 11.3 Å². The molecular formula is C22H18N2O3S. The fourth-order valence-electron chi connectivity index (χ4n) is 2.85. The van der Waals surface area contributed by atoms with Crippen LogP contribution in [0.4, 0.5) is 5.69 Å². The zero-order valence-electron chi connectivity index (χ0n) is 15.2. The zero-order valence-corrected chi connectivity index (χ0v) is 16.0. The number of phenols is 1. The van der Waals surface area contributed by atoms with Crippen LogP contribution in [0.5, 0.6) is 11.5 Å². The Kier molecular flexibility index (Phi) is 4.95. The van der Waals surface area contributed by atoms with Crippen LogP contribution in [0, 0.1) is 0 Å². The topological polar surface area (TPSA) is 71.5 Å². The van der Waals surface area contributed by atoms with Crippen LogP contribution in [-0.4, -0.2) is 22.6 Å². The van der Waals surface area contributed by atoms with Crippen LogP contribution in [0.25, 0.3) is 20.8 Å². The number of para-hydroxylation sites is 1. The minimum absolute atomic E-state index is 0.0727. The Morgan fingerprint density at radius 1 is 1.11 bits per heavy atom. The Hall–Kier alpha value is -3.38. The van der Waals surface area contributed by atoms with Crippen molar-refractivity contribution in [3.63, 3.8) is 0 Å². The van der Waals surface area contributed by atoms with E-state index in [0.29, 0.717) is 23.4 Å². The maximum absolute atomic E-state index is 12.4. The summed E-state index contributed by atoms with van der Waals surface area (Å²) in [6.07, 6.45) is 0. The lowest BCUT2D eigenvalue weighted by atomic mass is 10.1. The molecule has 0 aliphatic carbocycles. The zero-order chi connectivity index (χ0) is 19.5. The van der Waals surface area contributed by atoms with Crippen molar-refractivity contribution in [2.75, 3.05) is 11.9 Å². The van der Waals surface area contributed by atoms with Crippen LogP contribution >= 0.6 is 11.3 Å². The maximum atomic E-state index is 12.4. The molecule has 0 aliphatic rings. The number of aromatic nitrogens is 1. The third-order valence-electron chi connectivity index (χ3n) is 4.21. The number of aromatic hydroxyl groups is 1. The Morgan fingerprint density at radius 2 is 1.89 bits per heavy atom. The number of fused-ring (bicyclic) bond motifs is 1. The van der Waals surface area contributed by atoms with E-state index in [1.165, 1.54) is 17.4 Å². The van der Waals surface area contributed by atoms with Gasteiger partial charge in [0.2, 0.25) is 0 Å². The third-order valence-corrected chi connectivity index (χ3v) is 5.28. The van der Waals surface area contributed by atoms with Crippen molar-refractivity contribution < 1.29 is 14.6 Å². The lowest BCUT2D eigenvalue weighted by Crippen LogP contribution is -2.11. The molecule has 0 atom stereocenters. The Morgan fingerprint density at radius 3 is 2.61 bits per heavy atom. The standard InChI is InChI=1S/C22H18N2O3S/c1-2-27-16-10-7-14(8-11-16)21(26)23-15-9-12-17(19(25)13-15)22-24-18-5-3-4-6-20(18)28-22/h3-13,25H,2H2,1H3,(H,23,26). The average Bonchev–Trinajstić information content (AvgIpc) is 3.12. The molecule has 0 aliphatic heterocycles. The van der Waals surface area contributed by atoms with Gasteiger partial charge in [0.25, 0.3) is 5.91 Å². The van der Waals surface area contributed by atoms with Crippen LogP contribution in [0.1, 0.15) is 17.3 Å². The summed E-state index contributed by atoms with van der Waals surface area (Å²) < 4.78 is 6.44. The normalized spacial score (nSPS) is 10.8. The summed E-state index contributed by atoms with van der Waals surface area (Å²) in [6.45, 7) is 2.48. The van der Waals surface area contributed by atoms with Crippen molar-refractivity contribution in [2.24, 2.45) is 0 Å². The molecule has 5 nitrogen and oxygen atoms in total. The Labute approximate surface area is 166 Å². The fraction of sp³-hybridized carbons (Fsp3) is 0.0909. The summed E-state index contributed by atoms with van der Waals surface area (Å²) in [5.41, 5.74) is 2.56. The van der Waals surface area contributed by atoms with E-state index in [9.17, 15) is 9.90 Å². The number of hydrogen-bond donors (Lipinski definition) is 2. The number of hydrogen-bond acceptors (Lipinski definition) is 5. The van der Waals surface area contributed by atoms with Gasteiger partial charge in [-0.25, -0.2) is 4.98 Å². The van der Waals surface area contributed by atoms with Gasteiger partial charge in [-0.1, -0.05) is 12.1 Å². The molecule has 4 aromatic rings. The van der Waals surface area contributed by atoms with Crippen LogP contribution in [-0.2, 0) is 0 Å². The quantitative estimate of drug-likeness (QED) is 0.484. The number of thiazole rings is 1. The highest BCUT2D eigenvalue weighted by atomic mass is 32.1. The molecule has 1 amide bonds. The van der Waals surface area contributed by atoms with E-state index < -0.39 is 0 Å². The SMILES string of the molecule is CCOc1ccc(C(=O)Nc2ccc(-c3nc4ccccc4s3)c(O)c2)cc1. The van der Waals surface area contributed by atoms with Gasteiger partial charge >= 0.3 is 0 Å². The van der Waals surface area contributed by atoms with E-state index in [2.05, 4.69) is 10.3 Å². The van der Waals surface area contributed by atoms with Gasteiger partial charge < -0.3 is 15.2 Å². The van der Waals surface area contributed by atoms with Crippen LogP contribution in [0.2, 0.25) is 0 Å². The van der Waals surface area contributed by atoms with E-state index >= 15 is 0 Å². The van der Waals surface area contributed by atoms with Gasteiger partial charge in [-0.05, 0) is 55.5 Å². The second-order valence-electron chi connectivity index (χ2n) is 6.13. The summed E-state index contributed by atoms with van der Waals surface area (Å²) in [7, 11) is 0. The lowest BCUT2D eigenvalue weighted by Gasteiger charge is -2.08. The first-order valence-corrected chi connectivity index (χ1v) is 9.69. The molecule has 0 fully saturated rings. The van der Waals surface area contributed by atoms with Crippen LogP contribution in [0.3, 0.4) is 0 Å². The molecule has 140 valence electrons.